The molecule has 0 aliphatic carbocycles. The Kier molecular flexibility index (Phi) is 5.00. The number of aryl methyl sites for hydroxylation is 2. The summed E-state index contributed by atoms with van der Waals surface area (Å²) >= 11 is 0. The smallest absolute Gasteiger partial charge is 0.333 e. The minimum atomic E-state index is -0.126. The van der Waals surface area contributed by atoms with Crippen LogP contribution in [-0.2, 0) is 7.05 Å². The lowest BCUT2D eigenvalue weighted by atomic mass is 10.0. The van der Waals surface area contributed by atoms with E-state index in [1.165, 1.54) is 0 Å². The Morgan fingerprint density at radius 1 is 1.06 bits per heavy atom. The number of pyridine rings is 2. The molecule has 168 valence electrons. The summed E-state index contributed by atoms with van der Waals surface area (Å²) in [7, 11) is 1.77. The largest absolute Gasteiger partial charge is 0.478 e. The average molecular weight is 443 g/mol. The molecule has 0 N–H and O–H groups in total. The van der Waals surface area contributed by atoms with Gasteiger partial charge in [0.25, 0.3) is 0 Å². The van der Waals surface area contributed by atoms with Crippen molar-refractivity contribution >= 4 is 21.9 Å². The molecule has 0 radical (unpaired) electrons. The van der Waals surface area contributed by atoms with Crippen LogP contribution in [0.1, 0.15) is 32.5 Å². The van der Waals surface area contributed by atoms with Crippen LogP contribution in [0.4, 0.5) is 0 Å². The van der Waals surface area contributed by atoms with Gasteiger partial charge < -0.3 is 4.74 Å². The molecule has 0 aliphatic heterocycles. The summed E-state index contributed by atoms with van der Waals surface area (Å²) < 4.78 is 10.7. The summed E-state index contributed by atoms with van der Waals surface area (Å²) in [4.78, 5) is 22.4. The lowest BCUT2D eigenvalue weighted by molar-refractivity contribution is 0.327. The fraction of sp³-hybridized carbons (Fsp3) is 0.280. The zero-order chi connectivity index (χ0) is 23.3. The van der Waals surface area contributed by atoms with Gasteiger partial charge >= 0.3 is 5.69 Å². The van der Waals surface area contributed by atoms with Gasteiger partial charge in [-0.2, -0.15) is 5.10 Å². The molecule has 0 saturated heterocycles. The summed E-state index contributed by atoms with van der Waals surface area (Å²) in [5.41, 5.74) is 5.81. The molecule has 33 heavy (non-hydrogen) atoms. The predicted octanol–water partition coefficient (Wildman–Crippen LogP) is 4.42. The molecule has 5 aromatic rings. The molecular formula is C25H26N6O2. The number of hydrogen-bond acceptors (Lipinski definition) is 5. The van der Waals surface area contributed by atoms with Crippen molar-refractivity contribution in [3.63, 3.8) is 0 Å². The molecule has 1 aromatic carbocycles. The zero-order valence-electron chi connectivity index (χ0n) is 19.4. The summed E-state index contributed by atoms with van der Waals surface area (Å²) in [5.74, 6) is 0.598. The number of rotatable bonds is 5. The van der Waals surface area contributed by atoms with E-state index in [9.17, 15) is 4.79 Å². The van der Waals surface area contributed by atoms with Crippen molar-refractivity contribution in [1.29, 1.82) is 0 Å². The topological polar surface area (TPSA) is 79.8 Å². The maximum atomic E-state index is 13.4. The number of imidazole rings is 1. The zero-order valence-corrected chi connectivity index (χ0v) is 19.4. The van der Waals surface area contributed by atoms with Gasteiger partial charge in [0, 0.05) is 42.5 Å². The second-order valence-corrected chi connectivity index (χ2v) is 8.39. The van der Waals surface area contributed by atoms with Gasteiger partial charge in [0.2, 0.25) is 5.88 Å². The molecule has 5 rings (SSSR count). The van der Waals surface area contributed by atoms with Crippen molar-refractivity contribution < 1.29 is 4.74 Å². The van der Waals surface area contributed by atoms with Gasteiger partial charge in [0.15, 0.2) is 0 Å². The molecule has 0 fully saturated rings. The Morgan fingerprint density at radius 3 is 2.52 bits per heavy atom. The van der Waals surface area contributed by atoms with Crippen molar-refractivity contribution in [2.24, 2.45) is 7.05 Å². The van der Waals surface area contributed by atoms with Crippen LogP contribution in [0.25, 0.3) is 38.8 Å². The molecule has 0 atom stereocenters. The van der Waals surface area contributed by atoms with Crippen LogP contribution < -0.4 is 10.4 Å². The lowest BCUT2D eigenvalue weighted by Crippen LogP contribution is -2.21. The first-order valence-electron chi connectivity index (χ1n) is 11.0. The second-order valence-electron chi connectivity index (χ2n) is 8.39. The van der Waals surface area contributed by atoms with E-state index in [4.69, 9.17) is 4.74 Å². The van der Waals surface area contributed by atoms with Crippen LogP contribution in [0.2, 0.25) is 0 Å². The number of ether oxygens (including phenoxy) is 1. The first kappa shape index (κ1) is 20.9. The van der Waals surface area contributed by atoms with Gasteiger partial charge in [-0.3, -0.25) is 18.8 Å². The van der Waals surface area contributed by atoms with Crippen LogP contribution in [0, 0.1) is 6.92 Å². The van der Waals surface area contributed by atoms with E-state index in [1.54, 1.807) is 28.6 Å². The van der Waals surface area contributed by atoms with Crippen molar-refractivity contribution in [1.82, 2.24) is 28.9 Å². The van der Waals surface area contributed by atoms with Gasteiger partial charge in [0.1, 0.15) is 0 Å². The van der Waals surface area contributed by atoms with Crippen molar-refractivity contribution in [3.05, 3.63) is 65.1 Å². The molecule has 0 spiro atoms. The Labute approximate surface area is 191 Å². The number of benzene rings is 1. The van der Waals surface area contributed by atoms with Crippen molar-refractivity contribution in [2.45, 2.75) is 33.7 Å². The maximum Gasteiger partial charge on any atom is 0.333 e. The molecule has 4 heterocycles. The fourth-order valence-corrected chi connectivity index (χ4v) is 4.14. The predicted molar refractivity (Wildman–Crippen MR) is 129 cm³/mol. The molecule has 0 amide bonds. The first-order valence-corrected chi connectivity index (χ1v) is 11.0. The summed E-state index contributed by atoms with van der Waals surface area (Å²) in [6.07, 6.45) is 5.50. The maximum absolute atomic E-state index is 13.4. The number of nitrogens with zero attached hydrogens (tertiary/aromatic N) is 6. The summed E-state index contributed by atoms with van der Waals surface area (Å²) in [5, 5.41) is 5.52. The van der Waals surface area contributed by atoms with Crippen molar-refractivity contribution in [3.8, 4) is 22.7 Å². The van der Waals surface area contributed by atoms with E-state index < -0.39 is 0 Å². The SMILES string of the molecule is CCOc1ccc(-c2ccc3ncc4c(c3c2)n(-c2cn(C(C)C)nc2C)c(=O)n4C)cn1. The van der Waals surface area contributed by atoms with E-state index in [0.29, 0.717) is 12.5 Å². The van der Waals surface area contributed by atoms with Crippen LogP contribution in [0.3, 0.4) is 0 Å². The minimum absolute atomic E-state index is 0.126. The van der Waals surface area contributed by atoms with E-state index in [1.807, 2.05) is 49.0 Å². The molecule has 0 aliphatic rings. The van der Waals surface area contributed by atoms with Gasteiger partial charge in [-0.05, 0) is 51.5 Å². The highest BCUT2D eigenvalue weighted by Gasteiger charge is 2.20. The van der Waals surface area contributed by atoms with Crippen LogP contribution in [0.15, 0.2) is 53.7 Å². The van der Waals surface area contributed by atoms with Crippen molar-refractivity contribution in [2.75, 3.05) is 6.61 Å². The number of hydrogen-bond donors (Lipinski definition) is 0. The molecule has 0 unspecified atom stereocenters. The van der Waals surface area contributed by atoms with E-state index in [-0.39, 0.29) is 11.7 Å². The van der Waals surface area contributed by atoms with Gasteiger partial charge in [-0.1, -0.05) is 6.07 Å². The van der Waals surface area contributed by atoms with Crippen LogP contribution >= 0.6 is 0 Å². The lowest BCUT2D eigenvalue weighted by Gasteiger charge is -2.08. The third-order valence-electron chi connectivity index (χ3n) is 5.91. The summed E-state index contributed by atoms with van der Waals surface area (Å²) in [6.45, 7) is 8.57. The van der Waals surface area contributed by atoms with Crippen LogP contribution in [0.5, 0.6) is 5.88 Å². The standard InChI is InChI=1S/C25H26N6O2/c1-6-33-23-10-8-18(12-27-23)17-7-9-20-19(11-17)24-21(13-26-20)29(5)25(32)31(24)22-14-30(15(2)3)28-16(22)4/h7-15H,6H2,1-5H3. The molecule has 0 saturated carbocycles. The highest BCUT2D eigenvalue weighted by atomic mass is 16.5. The Hall–Kier alpha value is -3.94. The Balaban J connectivity index is 1.77. The van der Waals surface area contributed by atoms with Gasteiger partial charge in [0.05, 0.1) is 40.7 Å². The molecule has 8 nitrogen and oxygen atoms in total. The Morgan fingerprint density at radius 2 is 1.85 bits per heavy atom. The van der Waals surface area contributed by atoms with Gasteiger partial charge in [-0.15, -0.1) is 0 Å². The molecule has 4 aromatic heterocycles. The second kappa shape index (κ2) is 7.88. The highest BCUT2D eigenvalue weighted by Crippen LogP contribution is 2.30. The fourth-order valence-electron chi connectivity index (χ4n) is 4.14. The highest BCUT2D eigenvalue weighted by molar-refractivity contribution is 6.04. The van der Waals surface area contributed by atoms with E-state index >= 15 is 0 Å². The molecular weight excluding hydrogens is 416 g/mol. The third kappa shape index (κ3) is 3.38. The molecule has 8 heteroatoms. The monoisotopic (exact) mass is 442 g/mol. The quantitative estimate of drug-likeness (QED) is 0.402. The first-order chi connectivity index (χ1) is 15.9. The van der Waals surface area contributed by atoms with E-state index in [2.05, 4.69) is 35.0 Å². The minimum Gasteiger partial charge on any atom is -0.478 e. The summed E-state index contributed by atoms with van der Waals surface area (Å²) in [6, 6.07) is 10.1. The number of aromatic nitrogens is 6. The van der Waals surface area contributed by atoms with Crippen LogP contribution in [-0.4, -0.2) is 35.5 Å². The van der Waals surface area contributed by atoms with E-state index in [0.717, 1.165) is 44.4 Å². The molecule has 0 bridgehead atoms. The van der Waals surface area contributed by atoms with Gasteiger partial charge in [-0.25, -0.2) is 9.78 Å². The average Bonchev–Trinajstić information content (AvgIpc) is 3.31. The number of fused-ring (bicyclic) bond motifs is 3. The third-order valence-corrected chi connectivity index (χ3v) is 5.91. The normalized spacial score (nSPS) is 11.7. The Bertz CT molecular complexity index is 1540.